The van der Waals surface area contributed by atoms with Crippen molar-refractivity contribution in [2.45, 2.75) is 47.5 Å². The molecule has 0 heterocycles. The zero-order valence-corrected chi connectivity index (χ0v) is 19.0. The number of allylic oxidation sites excluding steroid dienone is 1. The second-order valence-electron chi connectivity index (χ2n) is 8.07. The molecule has 2 aromatic rings. The van der Waals surface area contributed by atoms with Crippen LogP contribution in [-0.4, -0.2) is 18.8 Å². The summed E-state index contributed by atoms with van der Waals surface area (Å²) < 4.78 is 0. The van der Waals surface area contributed by atoms with Crippen LogP contribution in [0.5, 0.6) is 0 Å². The lowest BCUT2D eigenvalue weighted by Gasteiger charge is -2.25. The Morgan fingerprint density at radius 2 is 1.83 bits per heavy atom. The largest absolute Gasteiger partial charge is 0.323 e. The van der Waals surface area contributed by atoms with Gasteiger partial charge in [0.05, 0.1) is 11.4 Å². The van der Waals surface area contributed by atoms with E-state index in [1.807, 2.05) is 49.3 Å². The zero-order chi connectivity index (χ0) is 22.1. The summed E-state index contributed by atoms with van der Waals surface area (Å²) in [5.74, 6) is 0. The number of carbonyl (C=O) groups excluding carboxylic acids is 1. The highest BCUT2D eigenvalue weighted by Crippen LogP contribution is 2.25. The van der Waals surface area contributed by atoms with Gasteiger partial charge in [0.1, 0.15) is 0 Å². The number of hydrogen-bond donors (Lipinski definition) is 2. The molecule has 2 rings (SSSR count). The summed E-state index contributed by atoms with van der Waals surface area (Å²) in [6.45, 7) is 10.6. The fraction of sp³-hybridized carbons (Fsp3) is 0.360. The number of anilines is 2. The van der Waals surface area contributed by atoms with Gasteiger partial charge in [-0.2, -0.15) is 5.10 Å². The maximum absolute atomic E-state index is 12.2. The summed E-state index contributed by atoms with van der Waals surface area (Å²) in [6.07, 6.45) is 5.43. The summed E-state index contributed by atoms with van der Waals surface area (Å²) in [6, 6.07) is 15.8. The summed E-state index contributed by atoms with van der Waals surface area (Å²) in [4.78, 5) is 12.2. The van der Waals surface area contributed by atoms with Crippen molar-refractivity contribution in [1.29, 1.82) is 0 Å². The number of nitrogens with one attached hydrogen (secondary N) is 2. The molecule has 0 aliphatic rings. The van der Waals surface area contributed by atoms with Crippen molar-refractivity contribution in [3.63, 3.8) is 0 Å². The highest BCUT2D eigenvalue weighted by molar-refractivity contribution is 6.00. The monoisotopic (exact) mass is 406 g/mol. The molecule has 0 saturated heterocycles. The first-order valence-corrected chi connectivity index (χ1v) is 10.5. The van der Waals surface area contributed by atoms with Gasteiger partial charge in [-0.25, -0.2) is 4.79 Å². The molecule has 0 spiro atoms. The van der Waals surface area contributed by atoms with Crippen molar-refractivity contribution in [2.75, 3.05) is 17.4 Å². The Balaban J connectivity index is 2.13. The van der Waals surface area contributed by atoms with E-state index in [4.69, 9.17) is 5.10 Å². The van der Waals surface area contributed by atoms with Gasteiger partial charge in [-0.1, -0.05) is 57.5 Å². The lowest BCUT2D eigenvalue weighted by Crippen LogP contribution is -2.27. The molecule has 5 nitrogen and oxygen atoms in total. The minimum atomic E-state index is -0.284. The number of hydrogen-bond acceptors (Lipinski definition) is 3. The molecule has 2 amide bonds. The Kier molecular flexibility index (Phi) is 8.22. The SMILES string of the molecule is CCc1cccc(N(C)/N=C(\C=C\NC(=O)Nc2ccc(C)cc2)C(C)(C)CC)c1. The van der Waals surface area contributed by atoms with Gasteiger partial charge < -0.3 is 10.6 Å². The van der Waals surface area contributed by atoms with E-state index in [9.17, 15) is 4.79 Å². The van der Waals surface area contributed by atoms with E-state index < -0.39 is 0 Å². The van der Waals surface area contributed by atoms with E-state index in [-0.39, 0.29) is 11.4 Å². The standard InChI is InChI=1S/C25H34N4O/c1-7-20-10-9-11-22(18-20)29(6)28-23(25(4,5)8-2)16-17-26-24(30)27-21-14-12-19(3)13-15-21/h9-18H,7-8H2,1-6H3,(H2,26,27,30)/b17-16+,28-23+. The second-order valence-corrected chi connectivity index (χ2v) is 8.07. The lowest BCUT2D eigenvalue weighted by molar-refractivity contribution is 0.255. The van der Waals surface area contributed by atoms with Crippen molar-refractivity contribution in [3.05, 3.63) is 71.9 Å². The van der Waals surface area contributed by atoms with Gasteiger partial charge in [0.25, 0.3) is 0 Å². The molecule has 0 bridgehead atoms. The first kappa shape index (κ1) is 23.2. The predicted octanol–water partition coefficient (Wildman–Crippen LogP) is 6.12. The van der Waals surface area contributed by atoms with Crippen LogP contribution in [0.2, 0.25) is 0 Å². The number of carbonyl (C=O) groups is 1. The van der Waals surface area contributed by atoms with Gasteiger partial charge in [-0.05, 0) is 55.7 Å². The third-order valence-corrected chi connectivity index (χ3v) is 5.29. The Bertz CT molecular complexity index is 898. The Hall–Kier alpha value is -3.08. The first-order valence-electron chi connectivity index (χ1n) is 10.5. The summed E-state index contributed by atoms with van der Waals surface area (Å²) in [7, 11) is 1.95. The molecule has 0 aliphatic carbocycles. The highest BCUT2D eigenvalue weighted by Gasteiger charge is 2.22. The van der Waals surface area contributed by atoms with Crippen LogP contribution in [0.15, 0.2) is 65.9 Å². The fourth-order valence-corrected chi connectivity index (χ4v) is 2.77. The average molecular weight is 407 g/mol. The van der Waals surface area contributed by atoms with E-state index in [1.54, 1.807) is 6.20 Å². The molecule has 160 valence electrons. The molecule has 30 heavy (non-hydrogen) atoms. The molecular weight excluding hydrogens is 372 g/mol. The normalized spacial score (nSPS) is 12.1. The van der Waals surface area contributed by atoms with Crippen molar-refractivity contribution < 1.29 is 4.79 Å². The van der Waals surface area contributed by atoms with Gasteiger partial charge in [-0.3, -0.25) is 5.01 Å². The molecule has 0 aliphatic heterocycles. The average Bonchev–Trinajstić information content (AvgIpc) is 2.74. The van der Waals surface area contributed by atoms with Gasteiger partial charge in [0, 0.05) is 24.4 Å². The van der Waals surface area contributed by atoms with E-state index in [2.05, 4.69) is 62.6 Å². The maximum Gasteiger partial charge on any atom is 0.323 e. The topological polar surface area (TPSA) is 56.7 Å². The Morgan fingerprint density at radius 1 is 1.13 bits per heavy atom. The molecule has 0 fully saturated rings. The van der Waals surface area contributed by atoms with Crippen LogP contribution < -0.4 is 15.6 Å². The number of hydrazone groups is 1. The molecule has 2 aromatic carbocycles. The molecule has 0 radical (unpaired) electrons. The van der Waals surface area contributed by atoms with Gasteiger partial charge in [-0.15, -0.1) is 0 Å². The van der Waals surface area contributed by atoms with Gasteiger partial charge >= 0.3 is 6.03 Å². The molecule has 5 heteroatoms. The predicted molar refractivity (Wildman–Crippen MR) is 128 cm³/mol. The summed E-state index contributed by atoms with van der Waals surface area (Å²) in [5, 5.41) is 12.3. The number of nitrogens with zero attached hydrogens (tertiary/aromatic N) is 2. The van der Waals surface area contributed by atoms with Crippen LogP contribution >= 0.6 is 0 Å². The van der Waals surface area contributed by atoms with Crippen LogP contribution in [0.1, 0.15) is 45.2 Å². The fourth-order valence-electron chi connectivity index (χ4n) is 2.77. The van der Waals surface area contributed by atoms with E-state index in [1.165, 1.54) is 5.56 Å². The highest BCUT2D eigenvalue weighted by atomic mass is 16.2. The lowest BCUT2D eigenvalue weighted by atomic mass is 9.84. The minimum Gasteiger partial charge on any atom is -0.314 e. The maximum atomic E-state index is 12.2. The van der Waals surface area contributed by atoms with Crippen LogP contribution in [0.4, 0.5) is 16.2 Å². The quantitative estimate of drug-likeness (QED) is 0.410. The number of rotatable bonds is 8. The van der Waals surface area contributed by atoms with E-state index in [0.717, 1.165) is 35.5 Å². The van der Waals surface area contributed by atoms with Crippen molar-refractivity contribution >= 4 is 23.1 Å². The number of aryl methyl sites for hydroxylation is 2. The Labute approximate surface area is 180 Å². The smallest absolute Gasteiger partial charge is 0.314 e. The number of urea groups is 1. The van der Waals surface area contributed by atoms with Crippen LogP contribution in [0.3, 0.4) is 0 Å². The molecular formula is C25H34N4O. The van der Waals surface area contributed by atoms with Crippen molar-refractivity contribution in [1.82, 2.24) is 5.32 Å². The molecule has 0 aromatic heterocycles. The zero-order valence-electron chi connectivity index (χ0n) is 19.0. The van der Waals surface area contributed by atoms with Crippen LogP contribution in [0.25, 0.3) is 0 Å². The molecule has 0 saturated carbocycles. The summed E-state index contributed by atoms with van der Waals surface area (Å²) >= 11 is 0. The third-order valence-electron chi connectivity index (χ3n) is 5.29. The summed E-state index contributed by atoms with van der Waals surface area (Å²) in [5.41, 5.74) is 4.97. The minimum absolute atomic E-state index is 0.137. The third kappa shape index (κ3) is 6.76. The molecule has 0 atom stereocenters. The molecule has 0 unspecified atom stereocenters. The number of amides is 2. The van der Waals surface area contributed by atoms with Crippen molar-refractivity contribution in [3.8, 4) is 0 Å². The van der Waals surface area contributed by atoms with Gasteiger partial charge in [0.15, 0.2) is 0 Å². The van der Waals surface area contributed by atoms with E-state index >= 15 is 0 Å². The van der Waals surface area contributed by atoms with E-state index in [0.29, 0.717) is 0 Å². The van der Waals surface area contributed by atoms with Crippen LogP contribution in [-0.2, 0) is 6.42 Å². The Morgan fingerprint density at radius 3 is 2.47 bits per heavy atom. The van der Waals surface area contributed by atoms with Gasteiger partial charge in [0.2, 0.25) is 0 Å². The van der Waals surface area contributed by atoms with Crippen LogP contribution in [0, 0.1) is 12.3 Å². The second kappa shape index (κ2) is 10.6. The molecule has 2 N–H and O–H groups in total. The van der Waals surface area contributed by atoms with Crippen molar-refractivity contribution in [2.24, 2.45) is 10.5 Å². The number of benzene rings is 2. The first-order chi connectivity index (χ1) is 14.2.